The molecule has 8 nitrogen and oxygen atoms in total. The number of benzene rings is 3. The second kappa shape index (κ2) is 15.5. The zero-order valence-electron chi connectivity index (χ0n) is 24.2. The number of nitrogens with zero attached hydrogens (tertiary/aromatic N) is 1. The van der Waals surface area contributed by atoms with Gasteiger partial charge in [0.15, 0.2) is 0 Å². The van der Waals surface area contributed by atoms with Crippen LogP contribution >= 0.6 is 0 Å². The van der Waals surface area contributed by atoms with Crippen LogP contribution in [0.3, 0.4) is 0 Å². The molecule has 0 unspecified atom stereocenters. The van der Waals surface area contributed by atoms with Crippen LogP contribution in [0.5, 0.6) is 5.75 Å². The maximum absolute atomic E-state index is 14.1. The number of rotatable bonds is 12. The Morgan fingerprint density at radius 1 is 0.907 bits per heavy atom. The van der Waals surface area contributed by atoms with Gasteiger partial charge in [0.05, 0.1) is 29.2 Å². The minimum Gasteiger partial charge on any atom is -0.550 e. The largest absolute Gasteiger partial charge is 2.00 e. The number of carboxylic acids is 1. The number of aromatic hydroxyl groups is 1. The molecule has 3 aromatic carbocycles. The van der Waals surface area contributed by atoms with Crippen molar-refractivity contribution in [1.82, 2.24) is 4.57 Å². The molecular formula is C33H34CaFN2O6+. The molecule has 220 valence electrons. The normalized spacial score (nSPS) is 12.4. The zero-order chi connectivity index (χ0) is 30.4. The molecule has 0 radical (unpaired) electrons. The second-order valence-electron chi connectivity index (χ2n) is 10.5. The molecule has 0 saturated heterocycles. The van der Waals surface area contributed by atoms with Crippen LogP contribution in [0.25, 0.3) is 22.4 Å². The Kier molecular flexibility index (Phi) is 12.4. The van der Waals surface area contributed by atoms with E-state index in [4.69, 9.17) is 0 Å². The number of aliphatic hydroxyl groups excluding tert-OH is 2. The van der Waals surface area contributed by atoms with Gasteiger partial charge in [0.2, 0.25) is 0 Å². The molecule has 0 aliphatic rings. The van der Waals surface area contributed by atoms with Gasteiger partial charge in [-0.2, -0.15) is 0 Å². The monoisotopic (exact) mass is 613 g/mol. The SMILES string of the molecule is CC(C)c1c(C(=O)Nc2ccccc2O)c(-c2ccccc2)c(-c2ccc(F)cc2)n1CC[C@@H](O)C[C@@H](O)CC(=O)[O-].[Ca+2]. The number of para-hydroxylation sites is 2. The van der Waals surface area contributed by atoms with Crippen molar-refractivity contribution in [3.05, 3.63) is 95.9 Å². The van der Waals surface area contributed by atoms with Crippen molar-refractivity contribution < 1.29 is 34.4 Å². The van der Waals surface area contributed by atoms with Gasteiger partial charge in [0.1, 0.15) is 11.6 Å². The molecule has 2 atom stereocenters. The van der Waals surface area contributed by atoms with E-state index >= 15 is 0 Å². The molecule has 0 bridgehead atoms. The van der Waals surface area contributed by atoms with Crippen molar-refractivity contribution in [2.75, 3.05) is 5.32 Å². The van der Waals surface area contributed by atoms with Gasteiger partial charge in [0.25, 0.3) is 5.91 Å². The molecule has 10 heteroatoms. The van der Waals surface area contributed by atoms with E-state index < -0.39 is 36.3 Å². The third-order valence-electron chi connectivity index (χ3n) is 7.04. The van der Waals surface area contributed by atoms with Gasteiger partial charge in [-0.3, -0.25) is 4.79 Å². The number of amides is 1. The van der Waals surface area contributed by atoms with Crippen LogP contribution in [0.15, 0.2) is 78.9 Å². The van der Waals surface area contributed by atoms with Crippen molar-refractivity contribution in [3.8, 4) is 28.1 Å². The molecule has 0 saturated carbocycles. The van der Waals surface area contributed by atoms with E-state index in [0.29, 0.717) is 28.1 Å². The third-order valence-corrected chi connectivity index (χ3v) is 7.04. The molecule has 4 N–H and O–H groups in total. The Labute approximate surface area is 279 Å². The smallest absolute Gasteiger partial charge is 0.550 e. The number of hydrogen-bond acceptors (Lipinski definition) is 6. The second-order valence-corrected chi connectivity index (χ2v) is 10.5. The first-order chi connectivity index (χ1) is 20.1. The maximum Gasteiger partial charge on any atom is 2.00 e. The Hall–Kier alpha value is -3.21. The summed E-state index contributed by atoms with van der Waals surface area (Å²) < 4.78 is 15.9. The van der Waals surface area contributed by atoms with Gasteiger partial charge in [0, 0.05) is 30.2 Å². The number of anilines is 1. The summed E-state index contributed by atoms with van der Waals surface area (Å²) >= 11 is 0. The number of carboxylic acid groups (broad SMARTS) is 1. The molecule has 0 aliphatic carbocycles. The molecule has 1 heterocycles. The van der Waals surface area contributed by atoms with Crippen LogP contribution in [0.1, 0.15) is 55.1 Å². The summed E-state index contributed by atoms with van der Waals surface area (Å²) in [7, 11) is 0. The number of hydrogen-bond donors (Lipinski definition) is 4. The summed E-state index contributed by atoms with van der Waals surface area (Å²) in [5, 5.41) is 44.8. The van der Waals surface area contributed by atoms with Gasteiger partial charge >= 0.3 is 37.7 Å². The average Bonchev–Trinajstić information content (AvgIpc) is 3.29. The minimum absolute atomic E-state index is 0. The van der Waals surface area contributed by atoms with Crippen LogP contribution in [0.2, 0.25) is 0 Å². The van der Waals surface area contributed by atoms with Crippen molar-refractivity contribution in [2.24, 2.45) is 0 Å². The molecular weight excluding hydrogens is 579 g/mol. The predicted molar refractivity (Wildman–Crippen MR) is 162 cm³/mol. The number of aliphatic hydroxyl groups is 2. The summed E-state index contributed by atoms with van der Waals surface area (Å²) in [6.07, 6.45) is -2.92. The first kappa shape index (κ1) is 34.3. The van der Waals surface area contributed by atoms with Gasteiger partial charge in [-0.15, -0.1) is 0 Å². The van der Waals surface area contributed by atoms with E-state index in [1.807, 2.05) is 48.7 Å². The van der Waals surface area contributed by atoms with E-state index in [2.05, 4.69) is 5.32 Å². The molecule has 0 fully saturated rings. The molecule has 4 rings (SSSR count). The summed E-state index contributed by atoms with van der Waals surface area (Å²) in [4.78, 5) is 25.0. The van der Waals surface area contributed by atoms with Crippen molar-refractivity contribution >= 4 is 55.3 Å². The van der Waals surface area contributed by atoms with E-state index in [1.165, 1.54) is 18.2 Å². The Morgan fingerprint density at radius 2 is 1.53 bits per heavy atom. The Balaban J connectivity index is 0.00000506. The molecule has 1 aromatic heterocycles. The summed E-state index contributed by atoms with van der Waals surface area (Å²) in [6.45, 7) is 4.08. The molecule has 43 heavy (non-hydrogen) atoms. The standard InChI is InChI=1S/C33H35FN2O6.Ca/c1-20(2)31-30(33(42)35-26-10-6-7-11-27(26)39)29(21-8-4-3-5-9-21)32(22-12-14-23(34)15-13-22)36(31)17-16-24(37)18-25(38)19-28(40)41;/h3-15,20,24-25,37-39H,16-19H2,1-2H3,(H,35,42)(H,40,41);/q;+2/p-1/t24-,25-;/m1./s1. The van der Waals surface area contributed by atoms with E-state index in [1.54, 1.807) is 30.3 Å². The van der Waals surface area contributed by atoms with Gasteiger partial charge in [-0.25, -0.2) is 4.39 Å². The number of aromatic nitrogens is 1. The topological polar surface area (TPSA) is 135 Å². The van der Waals surface area contributed by atoms with E-state index in [9.17, 15) is 34.4 Å². The Bertz CT molecular complexity index is 1540. The van der Waals surface area contributed by atoms with Crippen LogP contribution in [0, 0.1) is 5.82 Å². The quantitative estimate of drug-likeness (QED) is 0.139. The minimum atomic E-state index is -1.41. The summed E-state index contributed by atoms with van der Waals surface area (Å²) in [6, 6.07) is 21.7. The van der Waals surface area contributed by atoms with Crippen LogP contribution in [0.4, 0.5) is 10.1 Å². The van der Waals surface area contributed by atoms with Crippen LogP contribution < -0.4 is 10.4 Å². The molecule has 4 aromatic rings. The zero-order valence-corrected chi connectivity index (χ0v) is 26.4. The predicted octanol–water partition coefficient (Wildman–Crippen LogP) is 4.30. The van der Waals surface area contributed by atoms with Crippen LogP contribution in [-0.4, -0.2) is 81.7 Å². The fraction of sp³-hybridized carbons (Fsp3) is 0.273. The first-order valence-corrected chi connectivity index (χ1v) is 13.8. The van der Waals surface area contributed by atoms with Crippen molar-refractivity contribution in [3.63, 3.8) is 0 Å². The number of phenolic OH excluding ortho intramolecular Hbond substituents is 1. The third kappa shape index (κ3) is 8.46. The number of aliphatic carboxylic acids is 1. The Morgan fingerprint density at radius 3 is 2.14 bits per heavy atom. The average molecular weight is 614 g/mol. The number of nitrogens with one attached hydrogen (secondary N) is 1. The summed E-state index contributed by atoms with van der Waals surface area (Å²) in [5.74, 6) is -2.56. The van der Waals surface area contributed by atoms with E-state index in [-0.39, 0.29) is 74.5 Å². The number of carbonyl (C=O) groups excluding carboxylic acids is 2. The fourth-order valence-corrected chi connectivity index (χ4v) is 5.24. The molecule has 0 spiro atoms. The van der Waals surface area contributed by atoms with Crippen molar-refractivity contribution in [1.29, 1.82) is 0 Å². The fourth-order valence-electron chi connectivity index (χ4n) is 5.24. The molecule has 1 amide bonds. The maximum atomic E-state index is 14.1. The summed E-state index contributed by atoms with van der Waals surface area (Å²) in [5.41, 5.74) is 3.88. The van der Waals surface area contributed by atoms with Gasteiger partial charge < -0.3 is 35.1 Å². The number of halogens is 1. The molecule has 0 aliphatic heterocycles. The number of phenols is 1. The van der Waals surface area contributed by atoms with Crippen LogP contribution in [-0.2, 0) is 11.3 Å². The first-order valence-electron chi connectivity index (χ1n) is 13.8. The number of carbonyl (C=O) groups is 2. The van der Waals surface area contributed by atoms with Gasteiger partial charge in [-0.1, -0.05) is 56.3 Å². The van der Waals surface area contributed by atoms with Gasteiger partial charge in [-0.05, 0) is 66.3 Å². The van der Waals surface area contributed by atoms with E-state index in [0.717, 1.165) is 5.56 Å². The van der Waals surface area contributed by atoms with Crippen molar-refractivity contribution in [2.45, 2.75) is 57.8 Å².